The minimum Gasteiger partial charge on any atom is -0.494 e. The summed E-state index contributed by atoms with van der Waals surface area (Å²) in [5.41, 5.74) is 2.12. The first-order valence-electron chi connectivity index (χ1n) is 6.29. The zero-order chi connectivity index (χ0) is 14.7. The molecule has 104 valence electrons. The molecule has 20 heavy (non-hydrogen) atoms. The zero-order valence-corrected chi connectivity index (χ0v) is 11.3. The lowest BCUT2D eigenvalue weighted by Gasteiger charge is -2.10. The van der Waals surface area contributed by atoms with Gasteiger partial charge >= 0.3 is 5.97 Å². The molecule has 1 N–H and O–H groups in total. The Bertz CT molecular complexity index is 650. The fourth-order valence-corrected chi connectivity index (χ4v) is 2.07. The number of aryl methyl sites for hydroxylation is 1. The van der Waals surface area contributed by atoms with Crippen LogP contribution in [0.3, 0.4) is 0 Å². The van der Waals surface area contributed by atoms with Crippen LogP contribution in [0.5, 0.6) is 5.75 Å². The Balaban J connectivity index is 2.41. The van der Waals surface area contributed by atoms with Crippen molar-refractivity contribution in [3.05, 3.63) is 53.3 Å². The van der Waals surface area contributed by atoms with Crippen LogP contribution in [0.1, 0.15) is 22.8 Å². The molecule has 0 fully saturated rings. The van der Waals surface area contributed by atoms with E-state index in [1.165, 1.54) is 12.1 Å². The summed E-state index contributed by atoms with van der Waals surface area (Å²) in [5, 5.41) is 8.82. The van der Waals surface area contributed by atoms with Crippen molar-refractivity contribution < 1.29 is 19.0 Å². The van der Waals surface area contributed by atoms with E-state index in [1.54, 1.807) is 6.07 Å². The van der Waals surface area contributed by atoms with Crippen molar-refractivity contribution in [2.75, 3.05) is 6.61 Å². The lowest BCUT2D eigenvalue weighted by Crippen LogP contribution is -2.00. The molecule has 0 atom stereocenters. The van der Waals surface area contributed by atoms with Gasteiger partial charge in [0, 0.05) is 0 Å². The van der Waals surface area contributed by atoms with Crippen molar-refractivity contribution >= 4 is 5.97 Å². The molecule has 0 heterocycles. The number of ether oxygens (including phenoxy) is 1. The number of carboxylic acids is 1. The second kappa shape index (κ2) is 5.74. The van der Waals surface area contributed by atoms with Gasteiger partial charge in [0.2, 0.25) is 0 Å². The van der Waals surface area contributed by atoms with E-state index >= 15 is 0 Å². The van der Waals surface area contributed by atoms with Gasteiger partial charge in [0.15, 0.2) is 0 Å². The summed E-state index contributed by atoms with van der Waals surface area (Å²) in [5.74, 6) is -1.24. The maximum Gasteiger partial charge on any atom is 0.338 e. The van der Waals surface area contributed by atoms with E-state index in [1.807, 2.05) is 32.0 Å². The van der Waals surface area contributed by atoms with Gasteiger partial charge in [0.25, 0.3) is 0 Å². The highest BCUT2D eigenvalue weighted by molar-refractivity contribution is 5.88. The zero-order valence-electron chi connectivity index (χ0n) is 11.3. The monoisotopic (exact) mass is 274 g/mol. The highest BCUT2D eigenvalue weighted by atomic mass is 19.1. The second-order valence-corrected chi connectivity index (χ2v) is 4.41. The summed E-state index contributed by atoms with van der Waals surface area (Å²) in [4.78, 5) is 10.8. The number of rotatable bonds is 4. The highest BCUT2D eigenvalue weighted by Crippen LogP contribution is 2.28. The van der Waals surface area contributed by atoms with Crippen molar-refractivity contribution in [1.29, 1.82) is 0 Å². The third kappa shape index (κ3) is 2.79. The average molecular weight is 274 g/mol. The van der Waals surface area contributed by atoms with Crippen LogP contribution in [0.15, 0.2) is 36.4 Å². The quantitative estimate of drug-likeness (QED) is 0.919. The van der Waals surface area contributed by atoms with Crippen LogP contribution in [0.4, 0.5) is 4.39 Å². The number of halogens is 1. The van der Waals surface area contributed by atoms with Gasteiger partial charge in [-0.3, -0.25) is 0 Å². The van der Waals surface area contributed by atoms with Crippen molar-refractivity contribution in [2.24, 2.45) is 0 Å². The van der Waals surface area contributed by atoms with Gasteiger partial charge < -0.3 is 9.84 Å². The molecule has 0 aliphatic rings. The fraction of sp³-hybridized carbons (Fsp3) is 0.188. The van der Waals surface area contributed by atoms with Crippen molar-refractivity contribution in [3.63, 3.8) is 0 Å². The van der Waals surface area contributed by atoms with Crippen molar-refractivity contribution in [3.8, 4) is 16.9 Å². The number of benzene rings is 2. The Labute approximate surface area is 116 Å². The Morgan fingerprint density at radius 3 is 2.55 bits per heavy atom. The number of hydrogen-bond donors (Lipinski definition) is 1. The SMILES string of the molecule is CCOc1ccc(-c2ccc(C(=O)O)c(F)c2)c(C)c1. The van der Waals surface area contributed by atoms with Crippen LogP contribution >= 0.6 is 0 Å². The summed E-state index contributed by atoms with van der Waals surface area (Å²) in [6, 6.07) is 9.66. The minimum absolute atomic E-state index is 0.322. The van der Waals surface area contributed by atoms with Gasteiger partial charge in [-0.15, -0.1) is 0 Å². The van der Waals surface area contributed by atoms with Crippen LogP contribution in [0.2, 0.25) is 0 Å². The molecule has 4 heteroatoms. The molecule has 0 saturated heterocycles. The molecule has 0 radical (unpaired) electrons. The predicted molar refractivity (Wildman–Crippen MR) is 74.7 cm³/mol. The van der Waals surface area contributed by atoms with E-state index in [9.17, 15) is 9.18 Å². The number of carbonyl (C=O) groups is 1. The summed E-state index contributed by atoms with van der Waals surface area (Å²) in [7, 11) is 0. The molecule has 0 unspecified atom stereocenters. The fourth-order valence-electron chi connectivity index (χ4n) is 2.07. The number of carboxylic acid groups (broad SMARTS) is 1. The van der Waals surface area contributed by atoms with Gasteiger partial charge in [-0.2, -0.15) is 0 Å². The van der Waals surface area contributed by atoms with Gasteiger partial charge in [-0.25, -0.2) is 9.18 Å². The van der Waals surface area contributed by atoms with E-state index in [0.717, 1.165) is 16.9 Å². The molecule has 0 saturated carbocycles. The first-order valence-corrected chi connectivity index (χ1v) is 6.29. The Morgan fingerprint density at radius 2 is 2.00 bits per heavy atom. The van der Waals surface area contributed by atoms with E-state index < -0.39 is 11.8 Å². The maximum absolute atomic E-state index is 13.7. The largest absolute Gasteiger partial charge is 0.494 e. The normalized spacial score (nSPS) is 10.3. The van der Waals surface area contributed by atoms with Crippen LogP contribution in [-0.2, 0) is 0 Å². The highest BCUT2D eigenvalue weighted by Gasteiger charge is 2.12. The van der Waals surface area contributed by atoms with Gasteiger partial charge in [0.1, 0.15) is 11.6 Å². The van der Waals surface area contributed by atoms with Crippen LogP contribution in [-0.4, -0.2) is 17.7 Å². The summed E-state index contributed by atoms with van der Waals surface area (Å²) in [6.07, 6.45) is 0. The van der Waals surface area contributed by atoms with Gasteiger partial charge in [0.05, 0.1) is 12.2 Å². The number of aromatic carboxylic acids is 1. The Kier molecular flexibility index (Phi) is 4.03. The molecule has 3 nitrogen and oxygen atoms in total. The Hall–Kier alpha value is -2.36. The standard InChI is InChI=1S/C16H15FO3/c1-3-20-12-5-7-13(10(2)8-12)11-4-6-14(16(18)19)15(17)9-11/h4-9H,3H2,1-2H3,(H,18,19). The van der Waals surface area contributed by atoms with E-state index in [0.29, 0.717) is 12.2 Å². The molecule has 0 aromatic heterocycles. The molecule has 0 bridgehead atoms. The Morgan fingerprint density at radius 1 is 1.25 bits per heavy atom. The second-order valence-electron chi connectivity index (χ2n) is 4.41. The van der Waals surface area contributed by atoms with Crippen molar-refractivity contribution in [2.45, 2.75) is 13.8 Å². The molecule has 2 rings (SSSR count). The van der Waals surface area contributed by atoms with Crippen LogP contribution in [0.25, 0.3) is 11.1 Å². The summed E-state index contributed by atoms with van der Waals surface area (Å²) >= 11 is 0. The summed E-state index contributed by atoms with van der Waals surface area (Å²) < 4.78 is 19.1. The average Bonchev–Trinajstić information content (AvgIpc) is 2.38. The summed E-state index contributed by atoms with van der Waals surface area (Å²) in [6.45, 7) is 4.39. The lowest BCUT2D eigenvalue weighted by molar-refractivity contribution is 0.0692. The first kappa shape index (κ1) is 14.1. The third-order valence-corrected chi connectivity index (χ3v) is 3.02. The van der Waals surface area contributed by atoms with Crippen LogP contribution < -0.4 is 4.74 Å². The number of hydrogen-bond acceptors (Lipinski definition) is 2. The van der Waals surface area contributed by atoms with Crippen LogP contribution in [0, 0.1) is 12.7 Å². The smallest absolute Gasteiger partial charge is 0.338 e. The van der Waals surface area contributed by atoms with E-state index in [-0.39, 0.29) is 5.56 Å². The molecule has 2 aromatic carbocycles. The van der Waals surface area contributed by atoms with Crippen molar-refractivity contribution in [1.82, 2.24) is 0 Å². The molecule has 0 aliphatic heterocycles. The maximum atomic E-state index is 13.7. The topological polar surface area (TPSA) is 46.5 Å². The molecule has 0 aliphatic carbocycles. The molecule has 0 spiro atoms. The first-order chi connectivity index (χ1) is 9.52. The van der Waals surface area contributed by atoms with E-state index in [4.69, 9.17) is 9.84 Å². The molecular formula is C16H15FO3. The predicted octanol–water partition coefficient (Wildman–Crippen LogP) is 3.90. The lowest BCUT2D eigenvalue weighted by atomic mass is 9.99. The van der Waals surface area contributed by atoms with Gasteiger partial charge in [-0.1, -0.05) is 12.1 Å². The minimum atomic E-state index is -1.27. The molecular weight excluding hydrogens is 259 g/mol. The van der Waals surface area contributed by atoms with E-state index in [2.05, 4.69) is 0 Å². The molecule has 2 aromatic rings. The molecule has 0 amide bonds. The third-order valence-electron chi connectivity index (χ3n) is 3.02. The van der Waals surface area contributed by atoms with Gasteiger partial charge in [-0.05, 0) is 54.8 Å².